The minimum atomic E-state index is -1.02. The van der Waals surface area contributed by atoms with Gasteiger partial charge in [-0.05, 0) is 59.9 Å². The van der Waals surface area contributed by atoms with Gasteiger partial charge in [0, 0.05) is 41.1 Å². The molecule has 0 aliphatic carbocycles. The van der Waals surface area contributed by atoms with Crippen molar-refractivity contribution in [2.75, 3.05) is 32.7 Å². The molecule has 9 aromatic rings. The third-order valence-corrected chi connectivity index (χ3v) is 15.3. The molecular weight excluding hydrogens is 1000 g/mol. The Kier molecular flexibility index (Phi) is 16.0. The Labute approximate surface area is 401 Å². The average molecular weight is 1050 g/mol. The van der Waals surface area contributed by atoms with Crippen LogP contribution in [0.2, 0.25) is 0 Å². The summed E-state index contributed by atoms with van der Waals surface area (Å²) >= 11 is 0. The Morgan fingerprint density at radius 1 is 0.400 bits per heavy atom. The van der Waals surface area contributed by atoms with Gasteiger partial charge in [-0.3, -0.25) is 0 Å². The molecule has 2 heterocycles. The fraction of sp³-hybridized carbons (Fsp3) is 0.0345. The molecule has 0 amide bonds. The van der Waals surface area contributed by atoms with Crippen molar-refractivity contribution in [2.45, 2.75) is 0 Å². The van der Waals surface area contributed by atoms with Crippen LogP contribution in [0.4, 0.5) is 34.1 Å². The van der Waals surface area contributed by atoms with Crippen molar-refractivity contribution in [2.24, 2.45) is 0 Å². The standard InChI is InChI=1S/C28H22N4.C24H20P2.C6H5.Os/c1-3-11-23(12-4-1)31-21-29(25-15-7-9-17-27(25)31)19-20-30-22-32(24-13-5-2-6-14-24)28-18-10-8-16-26(28)30;1-4-12-20(13-5-1)25-23-18-10-11-19-24(23)26(21-14-6-2-7-15-21)22-16-8-3-9-17-22;1-2-4-6-5-3-1;/h1-11,13,15-18,21-22H,19-20H2;1-19,25H;1-5H;/q-4;;-1;+5/p+1. The van der Waals surface area contributed by atoms with Crippen molar-refractivity contribution in [3.8, 4) is 0 Å². The minimum Gasteiger partial charge on any atom is -0.500 e. The zero-order valence-electron chi connectivity index (χ0n) is 35.8. The van der Waals surface area contributed by atoms with E-state index in [1.54, 1.807) is 0 Å². The summed E-state index contributed by atoms with van der Waals surface area (Å²) in [5.41, 5.74) is 6.89. The van der Waals surface area contributed by atoms with Crippen molar-refractivity contribution in [1.29, 1.82) is 0 Å². The summed E-state index contributed by atoms with van der Waals surface area (Å²) in [6.45, 7) is 6.08. The van der Waals surface area contributed by atoms with Crippen molar-refractivity contribution in [1.82, 2.24) is 0 Å². The van der Waals surface area contributed by atoms with Crippen LogP contribution in [0.1, 0.15) is 0 Å². The molecule has 11 rings (SSSR count). The van der Waals surface area contributed by atoms with Gasteiger partial charge >= 0.3 is 19.8 Å². The predicted octanol–water partition coefficient (Wildman–Crippen LogP) is 11.4. The summed E-state index contributed by atoms with van der Waals surface area (Å²) in [7, 11) is -0.336. The summed E-state index contributed by atoms with van der Waals surface area (Å²) in [6.07, 6.45) is 0. The second-order valence-corrected chi connectivity index (χ2v) is 18.9. The van der Waals surface area contributed by atoms with Gasteiger partial charge in [0.05, 0.1) is 7.92 Å². The third kappa shape index (κ3) is 11.3. The van der Waals surface area contributed by atoms with Gasteiger partial charge in [0.25, 0.3) is 0 Å². The first kappa shape index (κ1) is 45.3. The van der Waals surface area contributed by atoms with Crippen molar-refractivity contribution < 1.29 is 19.8 Å². The maximum absolute atomic E-state index is 3.35. The molecule has 1 atom stereocenters. The van der Waals surface area contributed by atoms with Crippen LogP contribution in [0.3, 0.4) is 0 Å². The second kappa shape index (κ2) is 23.0. The fourth-order valence-electron chi connectivity index (χ4n) is 7.89. The average Bonchev–Trinajstić information content (AvgIpc) is 3.95. The Bertz CT molecular complexity index is 2620. The van der Waals surface area contributed by atoms with Gasteiger partial charge in [0.1, 0.15) is 15.9 Å². The molecule has 9 aromatic carbocycles. The van der Waals surface area contributed by atoms with Crippen LogP contribution in [0.15, 0.2) is 243 Å². The number of fused-ring (bicyclic) bond motifs is 2. The zero-order chi connectivity index (χ0) is 43.2. The van der Waals surface area contributed by atoms with E-state index in [0.717, 1.165) is 24.5 Å². The molecule has 2 aliphatic heterocycles. The maximum Gasteiger partial charge on any atom is 5.00 e. The number of hydrogen-bond donors (Lipinski definition) is 0. The summed E-state index contributed by atoms with van der Waals surface area (Å²) in [5, 5.41) is 7.22. The third-order valence-electron chi connectivity index (χ3n) is 10.9. The first-order valence-corrected chi connectivity index (χ1v) is 24.0. The normalized spacial score (nSPS) is 12.4. The molecule has 0 N–H and O–H groups in total. The number of benzene rings is 9. The molecule has 1 unspecified atom stereocenters. The van der Waals surface area contributed by atoms with Crippen LogP contribution >= 0.6 is 16.5 Å². The van der Waals surface area contributed by atoms with Gasteiger partial charge < -0.3 is 19.6 Å². The quantitative estimate of drug-likeness (QED) is 0.0999. The van der Waals surface area contributed by atoms with Gasteiger partial charge in [-0.1, -0.05) is 118 Å². The van der Waals surface area contributed by atoms with E-state index in [1.807, 2.05) is 54.6 Å². The Morgan fingerprint density at radius 3 is 1.25 bits per heavy atom. The molecule has 317 valence electrons. The molecule has 0 fully saturated rings. The molecule has 0 aromatic heterocycles. The van der Waals surface area contributed by atoms with E-state index in [2.05, 4.69) is 239 Å². The molecule has 0 bridgehead atoms. The van der Waals surface area contributed by atoms with E-state index >= 15 is 0 Å². The maximum atomic E-state index is 3.35. The SMILES string of the molecule is [Os+5].[c-]1ccccc1.[c-]1ccccc1N1[CH-]N(CCN2[CH-]N(c3[c-]cccc3)c3ccccc32)c2ccccc21.c1ccc(Pc2ccccc2[PH+](c2ccccc2)c2ccccc2)cc1. The summed E-state index contributed by atoms with van der Waals surface area (Å²) in [5.74, 6) is 0. The summed E-state index contributed by atoms with van der Waals surface area (Å²) < 4.78 is 0. The number of hydrogen-bond acceptors (Lipinski definition) is 4. The van der Waals surface area contributed by atoms with Crippen LogP contribution in [-0.4, -0.2) is 13.1 Å². The number of anilines is 6. The summed E-state index contributed by atoms with van der Waals surface area (Å²) in [6, 6.07) is 94.2. The molecule has 4 nitrogen and oxygen atoms in total. The van der Waals surface area contributed by atoms with Gasteiger partial charge in [-0.25, -0.2) is 0 Å². The molecular formula is C58H48N4OsP2+. The molecule has 7 heteroatoms. The van der Waals surface area contributed by atoms with Crippen LogP contribution in [0.5, 0.6) is 0 Å². The Morgan fingerprint density at radius 2 is 0.800 bits per heavy atom. The fourth-order valence-corrected chi connectivity index (χ4v) is 12.1. The van der Waals surface area contributed by atoms with E-state index < -0.39 is 7.92 Å². The smallest absolute Gasteiger partial charge is 0.500 e. The predicted molar refractivity (Wildman–Crippen MR) is 277 cm³/mol. The van der Waals surface area contributed by atoms with E-state index in [1.165, 1.54) is 49.3 Å². The number of nitrogens with zero attached hydrogens (tertiary/aromatic N) is 4. The van der Waals surface area contributed by atoms with Gasteiger partial charge in [-0.15, -0.1) is 11.4 Å². The van der Waals surface area contributed by atoms with E-state index in [4.69, 9.17) is 0 Å². The first-order valence-electron chi connectivity index (χ1n) is 21.5. The number of rotatable bonds is 10. The van der Waals surface area contributed by atoms with E-state index in [0.29, 0.717) is 8.58 Å². The minimum absolute atomic E-state index is 0. The largest absolute Gasteiger partial charge is 5.00 e. The Hall–Kier alpha value is -6.32. The van der Waals surface area contributed by atoms with Crippen LogP contribution < -0.4 is 46.1 Å². The van der Waals surface area contributed by atoms with Crippen LogP contribution in [0.25, 0.3) is 0 Å². The Balaban J connectivity index is 0.000000157. The molecule has 2 aliphatic rings. The monoisotopic (exact) mass is 1050 g/mol. The van der Waals surface area contributed by atoms with Crippen molar-refractivity contribution >= 4 is 77.1 Å². The molecule has 0 spiro atoms. The molecule has 0 saturated heterocycles. The first-order chi connectivity index (χ1) is 31.8. The second-order valence-electron chi connectivity index (χ2n) is 15.1. The van der Waals surface area contributed by atoms with Gasteiger partial charge in [-0.2, -0.15) is 110 Å². The van der Waals surface area contributed by atoms with E-state index in [9.17, 15) is 0 Å². The van der Waals surface area contributed by atoms with Gasteiger partial charge in [0.2, 0.25) is 0 Å². The molecule has 65 heavy (non-hydrogen) atoms. The van der Waals surface area contributed by atoms with Crippen LogP contribution in [0, 0.1) is 31.5 Å². The summed E-state index contributed by atoms with van der Waals surface area (Å²) in [4.78, 5) is 9.07. The van der Waals surface area contributed by atoms with Crippen molar-refractivity contribution in [3.05, 3.63) is 274 Å². The topological polar surface area (TPSA) is 13.0 Å². The van der Waals surface area contributed by atoms with Gasteiger partial charge in [0.15, 0.2) is 0 Å². The van der Waals surface area contributed by atoms with Crippen molar-refractivity contribution in [3.63, 3.8) is 0 Å². The number of para-hydroxylation sites is 6. The van der Waals surface area contributed by atoms with Crippen LogP contribution in [-0.2, 0) is 19.8 Å². The molecule has 1 radical (unpaired) electrons. The molecule has 0 saturated carbocycles. The van der Waals surface area contributed by atoms with E-state index in [-0.39, 0.29) is 19.8 Å². The zero-order valence-corrected chi connectivity index (χ0v) is 40.3.